The Balaban J connectivity index is 2.05. The van der Waals surface area contributed by atoms with Crippen LogP contribution >= 0.6 is 11.6 Å². The number of carbonyl (C=O) groups excluding carboxylic acids is 1. The van der Waals surface area contributed by atoms with Gasteiger partial charge in [0.05, 0.1) is 17.2 Å². The summed E-state index contributed by atoms with van der Waals surface area (Å²) in [6.07, 6.45) is 2.78. The first-order valence-corrected chi connectivity index (χ1v) is 5.88. The predicted octanol–water partition coefficient (Wildman–Crippen LogP) is 0.939. The number of hydrogen-bond donors (Lipinski definition) is 3. The van der Waals surface area contributed by atoms with Crippen molar-refractivity contribution < 1.29 is 14.6 Å². The highest BCUT2D eigenvalue weighted by atomic mass is 35.5. The number of hydrogen-bond acceptors (Lipinski definition) is 3. The average molecular weight is 259 g/mol. The third kappa shape index (κ3) is 2.80. The van der Waals surface area contributed by atoms with Crippen molar-refractivity contribution in [2.24, 2.45) is 0 Å². The van der Waals surface area contributed by atoms with Crippen molar-refractivity contribution in [1.82, 2.24) is 10.3 Å². The summed E-state index contributed by atoms with van der Waals surface area (Å²) in [7, 11) is 0. The van der Waals surface area contributed by atoms with Gasteiger partial charge in [-0.25, -0.2) is 0 Å². The van der Waals surface area contributed by atoms with E-state index < -0.39 is 5.54 Å². The number of carbonyl (C=O) groups is 1. The van der Waals surface area contributed by atoms with Gasteiger partial charge in [-0.3, -0.25) is 4.79 Å². The quantitative estimate of drug-likeness (QED) is 0.755. The van der Waals surface area contributed by atoms with Gasteiger partial charge in [0, 0.05) is 19.4 Å². The lowest BCUT2D eigenvalue weighted by molar-refractivity contribution is 0.0124. The molecule has 0 aliphatic carbocycles. The third-order valence-corrected chi connectivity index (χ3v) is 3.24. The molecule has 5 nitrogen and oxygen atoms in total. The van der Waals surface area contributed by atoms with E-state index in [4.69, 9.17) is 16.3 Å². The lowest BCUT2D eigenvalue weighted by atomic mass is 9.91. The first-order valence-electron chi connectivity index (χ1n) is 5.50. The van der Waals surface area contributed by atoms with E-state index in [0.29, 0.717) is 36.8 Å². The molecular weight excluding hydrogens is 244 g/mol. The number of rotatable bonds is 3. The van der Waals surface area contributed by atoms with Gasteiger partial charge >= 0.3 is 0 Å². The Kier molecular flexibility index (Phi) is 3.71. The van der Waals surface area contributed by atoms with Crippen molar-refractivity contribution in [2.75, 3.05) is 19.8 Å². The standard InChI is InChI=1S/C11H15ClN2O3/c12-8-5-9(13-6-8)10(16)14-11(7-15)1-3-17-4-2-11/h5-6,13,15H,1-4,7H2,(H,14,16). The molecule has 0 spiro atoms. The molecule has 2 heterocycles. The van der Waals surface area contributed by atoms with Gasteiger partial charge in [-0.15, -0.1) is 0 Å². The van der Waals surface area contributed by atoms with Crippen LogP contribution in [0.25, 0.3) is 0 Å². The van der Waals surface area contributed by atoms with E-state index in [2.05, 4.69) is 10.3 Å². The van der Waals surface area contributed by atoms with Gasteiger partial charge in [0.2, 0.25) is 0 Å². The number of aromatic nitrogens is 1. The minimum absolute atomic E-state index is 0.0868. The number of halogens is 1. The van der Waals surface area contributed by atoms with Crippen LogP contribution in [0.1, 0.15) is 23.3 Å². The van der Waals surface area contributed by atoms with Crippen molar-refractivity contribution in [1.29, 1.82) is 0 Å². The summed E-state index contributed by atoms with van der Waals surface area (Å²) in [6, 6.07) is 1.56. The van der Waals surface area contributed by atoms with Crippen LogP contribution in [0.3, 0.4) is 0 Å². The minimum Gasteiger partial charge on any atom is -0.394 e. The fourth-order valence-corrected chi connectivity index (χ4v) is 2.06. The Morgan fingerprint density at radius 1 is 1.59 bits per heavy atom. The van der Waals surface area contributed by atoms with Crippen LogP contribution in [0.4, 0.5) is 0 Å². The van der Waals surface area contributed by atoms with E-state index in [1.54, 1.807) is 12.3 Å². The molecule has 1 aliphatic heterocycles. The molecule has 0 unspecified atom stereocenters. The maximum Gasteiger partial charge on any atom is 0.268 e. The van der Waals surface area contributed by atoms with E-state index in [1.165, 1.54) is 0 Å². The molecule has 6 heteroatoms. The lowest BCUT2D eigenvalue weighted by Gasteiger charge is -2.36. The fourth-order valence-electron chi connectivity index (χ4n) is 1.89. The average Bonchev–Trinajstić information content (AvgIpc) is 2.77. The molecule has 1 aromatic heterocycles. The molecule has 1 aromatic rings. The topological polar surface area (TPSA) is 74.3 Å². The van der Waals surface area contributed by atoms with Crippen molar-refractivity contribution in [3.05, 3.63) is 23.0 Å². The van der Waals surface area contributed by atoms with Gasteiger partial charge in [0.25, 0.3) is 5.91 Å². The second-order valence-electron chi connectivity index (χ2n) is 4.24. The zero-order valence-electron chi connectivity index (χ0n) is 9.33. The lowest BCUT2D eigenvalue weighted by Crippen LogP contribution is -2.54. The summed E-state index contributed by atoms with van der Waals surface area (Å²) >= 11 is 5.74. The molecule has 17 heavy (non-hydrogen) atoms. The smallest absolute Gasteiger partial charge is 0.268 e. The maximum absolute atomic E-state index is 11.9. The molecule has 1 saturated heterocycles. The zero-order chi connectivity index (χ0) is 12.3. The normalized spacial score (nSPS) is 18.9. The Morgan fingerprint density at radius 2 is 2.29 bits per heavy atom. The van der Waals surface area contributed by atoms with Crippen molar-refractivity contribution in [2.45, 2.75) is 18.4 Å². The van der Waals surface area contributed by atoms with Crippen LogP contribution in [0.5, 0.6) is 0 Å². The van der Waals surface area contributed by atoms with Crippen molar-refractivity contribution in [3.8, 4) is 0 Å². The number of nitrogens with one attached hydrogen (secondary N) is 2. The number of ether oxygens (including phenoxy) is 1. The summed E-state index contributed by atoms with van der Waals surface area (Å²) in [5, 5.41) is 12.8. The highest BCUT2D eigenvalue weighted by Gasteiger charge is 2.33. The van der Waals surface area contributed by atoms with Crippen molar-refractivity contribution in [3.63, 3.8) is 0 Å². The Hall–Kier alpha value is -1.04. The van der Waals surface area contributed by atoms with Gasteiger partial charge in [-0.1, -0.05) is 11.6 Å². The second kappa shape index (κ2) is 5.08. The maximum atomic E-state index is 11.9. The summed E-state index contributed by atoms with van der Waals surface area (Å²) < 4.78 is 5.23. The fraction of sp³-hybridized carbons (Fsp3) is 0.545. The summed E-state index contributed by atoms with van der Waals surface area (Å²) in [5.41, 5.74) is -0.179. The number of aliphatic hydroxyl groups is 1. The molecule has 2 rings (SSSR count). The van der Waals surface area contributed by atoms with E-state index in [1.807, 2.05) is 0 Å². The molecule has 0 atom stereocenters. The van der Waals surface area contributed by atoms with Crippen LogP contribution in [0.2, 0.25) is 5.02 Å². The first kappa shape index (κ1) is 12.4. The molecule has 1 aliphatic rings. The molecule has 3 N–H and O–H groups in total. The van der Waals surface area contributed by atoms with E-state index >= 15 is 0 Å². The molecule has 1 fully saturated rings. The summed E-state index contributed by atoms with van der Waals surface area (Å²) in [6.45, 7) is 1.01. The predicted molar refractivity (Wildman–Crippen MR) is 63.1 cm³/mol. The van der Waals surface area contributed by atoms with Gasteiger partial charge in [0.1, 0.15) is 5.69 Å². The SMILES string of the molecule is O=C(NC1(CO)CCOCC1)c1cc(Cl)c[nH]1. The highest BCUT2D eigenvalue weighted by molar-refractivity contribution is 6.30. The molecular formula is C11H15ClN2O3. The number of aromatic amines is 1. The van der Waals surface area contributed by atoms with Gasteiger partial charge in [-0.2, -0.15) is 0 Å². The van der Waals surface area contributed by atoms with Crippen LogP contribution < -0.4 is 5.32 Å². The Labute approximate surface area is 104 Å². The molecule has 0 bridgehead atoms. The number of aliphatic hydroxyl groups excluding tert-OH is 1. The first-order chi connectivity index (χ1) is 8.15. The van der Waals surface area contributed by atoms with Gasteiger partial charge < -0.3 is 20.1 Å². The number of amides is 1. The van der Waals surface area contributed by atoms with Crippen LogP contribution in [0.15, 0.2) is 12.3 Å². The zero-order valence-corrected chi connectivity index (χ0v) is 10.1. The number of H-pyrrole nitrogens is 1. The van der Waals surface area contributed by atoms with Crippen LogP contribution in [0, 0.1) is 0 Å². The Morgan fingerprint density at radius 3 is 2.82 bits per heavy atom. The highest BCUT2D eigenvalue weighted by Crippen LogP contribution is 2.21. The van der Waals surface area contributed by atoms with Crippen molar-refractivity contribution >= 4 is 17.5 Å². The van der Waals surface area contributed by atoms with Crippen LogP contribution in [-0.2, 0) is 4.74 Å². The molecule has 94 valence electrons. The van der Waals surface area contributed by atoms with Gasteiger partial charge in [-0.05, 0) is 18.9 Å². The van der Waals surface area contributed by atoms with Crippen LogP contribution in [-0.4, -0.2) is 41.4 Å². The minimum atomic E-state index is -0.576. The molecule has 0 aromatic carbocycles. The van der Waals surface area contributed by atoms with E-state index in [9.17, 15) is 9.90 Å². The van der Waals surface area contributed by atoms with Gasteiger partial charge in [0.15, 0.2) is 0 Å². The monoisotopic (exact) mass is 258 g/mol. The second-order valence-corrected chi connectivity index (χ2v) is 4.67. The van der Waals surface area contributed by atoms with E-state index in [0.717, 1.165) is 0 Å². The third-order valence-electron chi connectivity index (χ3n) is 3.02. The summed E-state index contributed by atoms with van der Waals surface area (Å²) in [4.78, 5) is 14.7. The summed E-state index contributed by atoms with van der Waals surface area (Å²) in [5.74, 6) is -0.257. The molecule has 1 amide bonds. The largest absolute Gasteiger partial charge is 0.394 e. The molecule has 0 saturated carbocycles. The van der Waals surface area contributed by atoms with E-state index in [-0.39, 0.29) is 12.5 Å². The Bertz CT molecular complexity index is 399. The molecule has 0 radical (unpaired) electrons.